The van der Waals surface area contributed by atoms with Gasteiger partial charge in [-0.1, -0.05) is 29.1 Å². The fraction of sp³-hybridized carbons (Fsp3) is 0.0455. The molecule has 1 aromatic carbocycles. The molecule has 4 nitrogen and oxygen atoms in total. The Balaban J connectivity index is 0.000000269. The first kappa shape index (κ1) is 22.2. The van der Waals surface area contributed by atoms with E-state index in [2.05, 4.69) is 49.4 Å². The number of imidazole rings is 1. The van der Waals surface area contributed by atoms with Crippen LogP contribution >= 0.6 is 45.8 Å². The second-order valence-corrected chi connectivity index (χ2v) is 7.95. The standard InChI is InChI=1S/C17H11ClFN3.C5H3ClIN/c1-12-21-15(5-2-13-8-9-20-17(18)10-13)11-22(12)16-6-3-14(19)4-7-16;6-5-3-4(7)1-2-8-5/h3-4,6-11H,1H3;1-3H. The van der Waals surface area contributed by atoms with Crippen LogP contribution in [0.2, 0.25) is 10.3 Å². The third-order valence-electron chi connectivity index (χ3n) is 3.74. The molecule has 4 aromatic rings. The lowest BCUT2D eigenvalue weighted by Gasteiger charge is -2.03. The van der Waals surface area contributed by atoms with Gasteiger partial charge in [-0.15, -0.1) is 0 Å². The minimum absolute atomic E-state index is 0.268. The molecule has 0 aliphatic heterocycles. The van der Waals surface area contributed by atoms with E-state index in [0.717, 1.165) is 20.6 Å². The number of pyridine rings is 2. The van der Waals surface area contributed by atoms with Crippen LogP contribution in [0.5, 0.6) is 0 Å². The summed E-state index contributed by atoms with van der Waals surface area (Å²) in [6, 6.07) is 13.4. The molecule has 0 aliphatic carbocycles. The van der Waals surface area contributed by atoms with E-state index in [0.29, 0.717) is 16.0 Å². The summed E-state index contributed by atoms with van der Waals surface area (Å²) in [4.78, 5) is 12.1. The number of hydrogen-bond acceptors (Lipinski definition) is 3. The summed E-state index contributed by atoms with van der Waals surface area (Å²) in [5.74, 6) is 6.49. The maximum absolute atomic E-state index is 13.0. The predicted molar refractivity (Wildman–Crippen MR) is 125 cm³/mol. The van der Waals surface area contributed by atoms with Crippen LogP contribution < -0.4 is 0 Å². The van der Waals surface area contributed by atoms with E-state index < -0.39 is 0 Å². The van der Waals surface area contributed by atoms with Crippen LogP contribution in [0.1, 0.15) is 17.1 Å². The van der Waals surface area contributed by atoms with Gasteiger partial charge < -0.3 is 4.57 Å². The molecule has 0 spiro atoms. The van der Waals surface area contributed by atoms with Crippen LogP contribution in [-0.4, -0.2) is 19.5 Å². The number of halogens is 4. The van der Waals surface area contributed by atoms with E-state index in [1.165, 1.54) is 12.1 Å². The summed E-state index contributed by atoms with van der Waals surface area (Å²) in [5.41, 5.74) is 2.25. The van der Waals surface area contributed by atoms with E-state index in [1.54, 1.807) is 36.7 Å². The second-order valence-electron chi connectivity index (χ2n) is 5.93. The Bertz CT molecular complexity index is 1200. The van der Waals surface area contributed by atoms with Gasteiger partial charge in [-0.25, -0.2) is 19.3 Å². The van der Waals surface area contributed by atoms with Gasteiger partial charge in [0, 0.05) is 33.4 Å². The number of nitrogens with zero attached hydrogens (tertiary/aromatic N) is 4. The summed E-state index contributed by atoms with van der Waals surface area (Å²) >= 11 is 13.5. The monoisotopic (exact) mass is 550 g/mol. The highest BCUT2D eigenvalue weighted by Gasteiger charge is 2.04. The van der Waals surface area contributed by atoms with Crippen molar-refractivity contribution in [1.82, 2.24) is 19.5 Å². The van der Waals surface area contributed by atoms with Crippen LogP contribution in [0.25, 0.3) is 5.69 Å². The van der Waals surface area contributed by atoms with Crippen molar-refractivity contribution in [2.75, 3.05) is 0 Å². The normalized spacial score (nSPS) is 9.90. The van der Waals surface area contributed by atoms with Crippen molar-refractivity contribution < 1.29 is 4.39 Å². The fourth-order valence-corrected chi connectivity index (χ4v) is 3.38. The topological polar surface area (TPSA) is 43.6 Å². The van der Waals surface area contributed by atoms with Crippen LogP contribution in [0, 0.1) is 28.2 Å². The minimum Gasteiger partial charge on any atom is -0.303 e. The zero-order valence-electron chi connectivity index (χ0n) is 15.7. The molecule has 0 fully saturated rings. The smallest absolute Gasteiger partial charge is 0.132 e. The molecular formula is C22H14Cl2FIN4. The first-order valence-electron chi connectivity index (χ1n) is 8.63. The Labute approximate surface area is 197 Å². The second kappa shape index (κ2) is 10.5. The number of rotatable bonds is 1. The fourth-order valence-electron chi connectivity index (χ4n) is 2.39. The molecule has 0 bridgehead atoms. The van der Waals surface area contributed by atoms with Gasteiger partial charge in [0.2, 0.25) is 0 Å². The highest BCUT2D eigenvalue weighted by Crippen LogP contribution is 2.13. The molecule has 3 heterocycles. The third-order valence-corrected chi connectivity index (χ3v) is 4.82. The Morgan fingerprint density at radius 2 is 1.60 bits per heavy atom. The zero-order valence-corrected chi connectivity index (χ0v) is 19.3. The predicted octanol–water partition coefficient (Wildman–Crippen LogP) is 6.11. The summed E-state index contributed by atoms with van der Waals surface area (Å²) in [5, 5.41) is 0.955. The first-order chi connectivity index (χ1) is 14.4. The molecule has 30 heavy (non-hydrogen) atoms. The molecule has 0 unspecified atom stereocenters. The summed E-state index contributed by atoms with van der Waals surface area (Å²) in [6.45, 7) is 1.87. The van der Waals surface area contributed by atoms with Gasteiger partial charge >= 0.3 is 0 Å². The van der Waals surface area contributed by atoms with Crippen molar-refractivity contribution in [1.29, 1.82) is 0 Å². The van der Waals surface area contributed by atoms with Gasteiger partial charge in [-0.3, -0.25) is 0 Å². The van der Waals surface area contributed by atoms with Crippen molar-refractivity contribution in [3.8, 4) is 17.5 Å². The Morgan fingerprint density at radius 3 is 2.20 bits per heavy atom. The van der Waals surface area contributed by atoms with Crippen LogP contribution in [-0.2, 0) is 0 Å². The number of aryl methyl sites for hydroxylation is 1. The molecule has 4 rings (SSSR count). The third kappa shape index (κ3) is 6.52. The Hall–Kier alpha value is -2.47. The van der Waals surface area contributed by atoms with Crippen LogP contribution in [0.3, 0.4) is 0 Å². The van der Waals surface area contributed by atoms with Gasteiger partial charge in [0.15, 0.2) is 0 Å². The van der Waals surface area contributed by atoms with E-state index >= 15 is 0 Å². The van der Waals surface area contributed by atoms with Crippen molar-refractivity contribution >= 4 is 45.8 Å². The summed E-state index contributed by atoms with van der Waals surface area (Å²) < 4.78 is 16.0. The van der Waals surface area contributed by atoms with Crippen molar-refractivity contribution in [2.45, 2.75) is 6.92 Å². The lowest BCUT2D eigenvalue weighted by molar-refractivity contribution is 0.627. The van der Waals surface area contributed by atoms with Gasteiger partial charge in [0.1, 0.15) is 27.6 Å². The Morgan fingerprint density at radius 1 is 0.933 bits per heavy atom. The maximum atomic E-state index is 13.0. The average Bonchev–Trinajstić information content (AvgIpc) is 3.08. The average molecular weight is 551 g/mol. The molecule has 0 saturated heterocycles. The molecule has 0 atom stereocenters. The lowest BCUT2D eigenvalue weighted by Crippen LogP contribution is -1.94. The van der Waals surface area contributed by atoms with Gasteiger partial charge in [0.25, 0.3) is 0 Å². The highest BCUT2D eigenvalue weighted by molar-refractivity contribution is 14.1. The van der Waals surface area contributed by atoms with Gasteiger partial charge in [0.05, 0.1) is 0 Å². The minimum atomic E-state index is -0.268. The lowest BCUT2D eigenvalue weighted by atomic mass is 10.2. The maximum Gasteiger partial charge on any atom is 0.132 e. The summed E-state index contributed by atoms with van der Waals surface area (Å²) in [6.07, 6.45) is 5.11. The number of hydrogen-bond donors (Lipinski definition) is 0. The van der Waals surface area contributed by atoms with E-state index in [4.69, 9.17) is 23.2 Å². The largest absolute Gasteiger partial charge is 0.303 e. The van der Waals surface area contributed by atoms with Crippen molar-refractivity contribution in [3.63, 3.8) is 0 Å². The number of benzene rings is 1. The van der Waals surface area contributed by atoms with Crippen molar-refractivity contribution in [3.05, 3.63) is 104 Å². The van der Waals surface area contributed by atoms with Gasteiger partial charge in [-0.2, -0.15) is 0 Å². The van der Waals surface area contributed by atoms with Crippen molar-refractivity contribution in [2.24, 2.45) is 0 Å². The molecule has 150 valence electrons. The number of aromatic nitrogens is 4. The Kier molecular flexibility index (Phi) is 7.80. The van der Waals surface area contributed by atoms with Gasteiger partial charge in [-0.05, 0) is 84.0 Å². The van der Waals surface area contributed by atoms with E-state index in [9.17, 15) is 4.39 Å². The zero-order chi connectivity index (χ0) is 21.5. The molecule has 0 aliphatic rings. The summed E-state index contributed by atoms with van der Waals surface area (Å²) in [7, 11) is 0. The van der Waals surface area contributed by atoms with E-state index in [1.807, 2.05) is 29.8 Å². The highest BCUT2D eigenvalue weighted by atomic mass is 127. The molecule has 0 radical (unpaired) electrons. The molecule has 8 heteroatoms. The van der Waals surface area contributed by atoms with E-state index in [-0.39, 0.29) is 5.82 Å². The molecule has 0 amide bonds. The van der Waals surface area contributed by atoms with Crippen LogP contribution in [0.15, 0.2) is 67.1 Å². The molecular weight excluding hydrogens is 537 g/mol. The molecule has 0 N–H and O–H groups in total. The molecule has 0 saturated carbocycles. The molecule has 3 aromatic heterocycles. The SMILES string of the molecule is Cc1nc(C#Cc2ccnc(Cl)c2)cn1-c1ccc(F)cc1.Clc1cc(I)ccn1. The van der Waals surface area contributed by atoms with Crippen LogP contribution in [0.4, 0.5) is 4.39 Å². The quantitative estimate of drug-likeness (QED) is 0.163. The first-order valence-corrected chi connectivity index (χ1v) is 10.5.